The van der Waals surface area contributed by atoms with Crippen LogP contribution in [-0.4, -0.2) is 0 Å². The molecule has 0 saturated heterocycles. The number of hydrogen-bond acceptors (Lipinski definition) is 3. The maximum Gasteiger partial charge on any atom is 0.0719 e. The van der Waals surface area contributed by atoms with Gasteiger partial charge in [0.05, 0.1) is 10.4 Å². The van der Waals surface area contributed by atoms with Crippen LogP contribution in [0.1, 0.15) is 44.4 Å². The number of thiophene rings is 1. The zero-order chi connectivity index (χ0) is 25.6. The van der Waals surface area contributed by atoms with Gasteiger partial charge < -0.3 is 10.6 Å². The lowest BCUT2D eigenvalue weighted by molar-refractivity contribution is 0.666. The Hall–Kier alpha value is -3.82. The largest absolute Gasteiger partial charge is 0.405 e. The first kappa shape index (κ1) is 23.9. The van der Waals surface area contributed by atoms with Crippen LogP contribution in [0.15, 0.2) is 104 Å². The predicted octanol–water partition coefficient (Wildman–Crippen LogP) is 9.28. The second kappa shape index (κ2) is 9.00. The minimum atomic E-state index is -0.156. The van der Waals surface area contributed by atoms with Crippen LogP contribution in [0.3, 0.4) is 0 Å². The average Bonchev–Trinajstić information content (AvgIpc) is 3.37. The van der Waals surface area contributed by atoms with E-state index in [0.29, 0.717) is 0 Å². The van der Waals surface area contributed by atoms with Gasteiger partial charge in [0, 0.05) is 38.3 Å². The average molecular weight is 489 g/mol. The van der Waals surface area contributed by atoms with Crippen molar-refractivity contribution in [1.82, 2.24) is 0 Å². The molecule has 0 atom stereocenters. The summed E-state index contributed by atoms with van der Waals surface area (Å²) in [4.78, 5) is 2.17. The zero-order valence-electron chi connectivity index (χ0n) is 21.4. The van der Waals surface area contributed by atoms with Crippen molar-refractivity contribution >= 4 is 42.8 Å². The molecule has 2 nitrogen and oxygen atoms in total. The molecule has 4 aromatic rings. The molecule has 0 spiro atoms. The van der Waals surface area contributed by atoms with Crippen molar-refractivity contribution in [3.8, 4) is 11.1 Å². The van der Waals surface area contributed by atoms with Crippen LogP contribution in [0, 0.1) is 0 Å². The zero-order valence-corrected chi connectivity index (χ0v) is 22.2. The molecule has 0 bridgehead atoms. The number of allylic oxidation sites excluding steroid dienone is 5. The number of rotatable bonds is 6. The van der Waals surface area contributed by atoms with E-state index in [-0.39, 0.29) is 5.41 Å². The first-order valence-electron chi connectivity index (χ1n) is 12.3. The monoisotopic (exact) mass is 488 g/mol. The number of anilines is 1. The molecule has 0 fully saturated rings. The van der Waals surface area contributed by atoms with Gasteiger partial charge in [0.2, 0.25) is 0 Å². The highest BCUT2D eigenvalue weighted by atomic mass is 32.1. The minimum Gasteiger partial charge on any atom is -0.405 e. The van der Waals surface area contributed by atoms with Crippen LogP contribution in [-0.2, 0) is 5.41 Å². The summed E-state index contributed by atoms with van der Waals surface area (Å²) < 4.78 is 2.51. The SMILES string of the molecule is C=CN(C(/C=C\N)=C/C)c1c(C(=C)/C=C\C)c2c(c3c1sc1ccccc13)C(C)(C)c1ccccc1-2. The van der Waals surface area contributed by atoms with Crippen LogP contribution >= 0.6 is 11.3 Å². The fourth-order valence-corrected chi connectivity index (χ4v) is 7.04. The van der Waals surface area contributed by atoms with Gasteiger partial charge in [0.15, 0.2) is 0 Å². The third kappa shape index (κ3) is 3.30. The Morgan fingerprint density at radius 2 is 1.75 bits per heavy atom. The molecule has 0 saturated carbocycles. The summed E-state index contributed by atoms with van der Waals surface area (Å²) >= 11 is 1.84. The van der Waals surface area contributed by atoms with Gasteiger partial charge in [-0.1, -0.05) is 87.7 Å². The van der Waals surface area contributed by atoms with Gasteiger partial charge in [-0.2, -0.15) is 0 Å². The smallest absolute Gasteiger partial charge is 0.0719 e. The molecule has 3 aromatic carbocycles. The summed E-state index contributed by atoms with van der Waals surface area (Å²) in [7, 11) is 0. The Morgan fingerprint density at radius 3 is 2.44 bits per heavy atom. The molecule has 1 aliphatic carbocycles. The van der Waals surface area contributed by atoms with E-state index < -0.39 is 0 Å². The van der Waals surface area contributed by atoms with Crippen LogP contribution in [0.4, 0.5) is 5.69 Å². The van der Waals surface area contributed by atoms with E-state index in [4.69, 9.17) is 5.73 Å². The predicted molar refractivity (Wildman–Crippen MR) is 161 cm³/mol. The Morgan fingerprint density at radius 1 is 1.03 bits per heavy atom. The van der Waals surface area contributed by atoms with Gasteiger partial charge in [-0.15, -0.1) is 11.3 Å². The maximum absolute atomic E-state index is 5.88. The molecule has 2 N–H and O–H groups in total. The summed E-state index contributed by atoms with van der Waals surface area (Å²) in [5.41, 5.74) is 15.2. The molecule has 1 heterocycles. The number of hydrogen-bond donors (Lipinski definition) is 1. The Labute approximate surface area is 218 Å². The van der Waals surface area contributed by atoms with Crippen LogP contribution in [0.25, 0.3) is 36.9 Å². The standard InChI is InChI=1S/C33H32N2S/c1-7-14-21(4)27-28-23-15-10-12-17-25(23)33(5,6)30(28)29-24-16-11-13-18-26(24)36-32(29)31(27)35(9-3)22(8-2)19-20-34/h7-20H,3-4,34H2,1-2,5-6H3/b14-7-,20-19-,22-8+. The normalized spacial score (nSPS) is 14.6. The highest BCUT2D eigenvalue weighted by Gasteiger charge is 2.41. The first-order chi connectivity index (χ1) is 17.4. The van der Waals surface area contributed by atoms with Gasteiger partial charge in [-0.3, -0.25) is 0 Å². The van der Waals surface area contributed by atoms with Crippen molar-refractivity contribution in [3.63, 3.8) is 0 Å². The van der Waals surface area contributed by atoms with Gasteiger partial charge in [-0.25, -0.2) is 0 Å². The van der Waals surface area contributed by atoms with Crippen molar-refractivity contribution in [3.05, 3.63) is 121 Å². The molecule has 5 rings (SSSR count). The van der Waals surface area contributed by atoms with Crippen molar-refractivity contribution < 1.29 is 0 Å². The van der Waals surface area contributed by atoms with E-state index in [9.17, 15) is 0 Å². The number of fused-ring (bicyclic) bond motifs is 7. The van der Waals surface area contributed by atoms with Gasteiger partial charge in [0.1, 0.15) is 0 Å². The lowest BCUT2D eigenvalue weighted by Crippen LogP contribution is -2.18. The lowest BCUT2D eigenvalue weighted by Gasteiger charge is -2.29. The van der Waals surface area contributed by atoms with Crippen molar-refractivity contribution in [2.24, 2.45) is 5.73 Å². The Balaban J connectivity index is 2.10. The third-order valence-electron chi connectivity index (χ3n) is 7.25. The van der Waals surface area contributed by atoms with Gasteiger partial charge >= 0.3 is 0 Å². The molecule has 36 heavy (non-hydrogen) atoms. The summed E-state index contributed by atoms with van der Waals surface area (Å²) in [5, 5.41) is 2.61. The molecule has 0 radical (unpaired) electrons. The number of benzene rings is 3. The topological polar surface area (TPSA) is 29.3 Å². The van der Waals surface area contributed by atoms with E-state index in [1.807, 2.05) is 37.5 Å². The van der Waals surface area contributed by atoms with E-state index in [0.717, 1.165) is 22.5 Å². The summed E-state index contributed by atoms with van der Waals surface area (Å²) in [6.45, 7) is 17.6. The van der Waals surface area contributed by atoms with Crippen LogP contribution < -0.4 is 10.6 Å². The van der Waals surface area contributed by atoms with Crippen molar-refractivity contribution in [2.45, 2.75) is 33.1 Å². The molecule has 180 valence electrons. The van der Waals surface area contributed by atoms with Crippen LogP contribution in [0.2, 0.25) is 0 Å². The molecular formula is C33H32N2S. The van der Waals surface area contributed by atoms with Crippen molar-refractivity contribution in [2.75, 3.05) is 4.90 Å². The molecule has 1 aromatic heterocycles. The molecular weight excluding hydrogens is 456 g/mol. The fourth-order valence-electron chi connectivity index (χ4n) is 5.78. The lowest BCUT2D eigenvalue weighted by atomic mass is 9.79. The second-order valence-corrected chi connectivity index (χ2v) is 10.6. The van der Waals surface area contributed by atoms with Gasteiger partial charge in [-0.05, 0) is 60.0 Å². The molecule has 0 unspecified atom stereocenters. The summed E-state index contributed by atoms with van der Waals surface area (Å²) in [6, 6.07) is 17.6. The quantitative estimate of drug-likeness (QED) is 0.274. The fraction of sp³-hybridized carbons (Fsp3) is 0.152. The Bertz CT molecular complexity index is 1620. The second-order valence-electron chi connectivity index (χ2n) is 9.60. The molecule has 3 heteroatoms. The summed E-state index contributed by atoms with van der Waals surface area (Å²) in [6.07, 6.45) is 11.6. The number of nitrogens with zero attached hydrogens (tertiary/aromatic N) is 1. The van der Waals surface area contributed by atoms with Crippen molar-refractivity contribution in [1.29, 1.82) is 0 Å². The first-order valence-corrected chi connectivity index (χ1v) is 13.1. The molecule has 0 amide bonds. The van der Waals surface area contributed by atoms with E-state index in [1.165, 1.54) is 42.4 Å². The van der Waals surface area contributed by atoms with E-state index >= 15 is 0 Å². The maximum atomic E-state index is 5.88. The Kier molecular flexibility index (Phi) is 5.97. The highest BCUT2D eigenvalue weighted by molar-refractivity contribution is 7.26. The molecule has 0 aliphatic heterocycles. The third-order valence-corrected chi connectivity index (χ3v) is 8.42. The summed E-state index contributed by atoms with van der Waals surface area (Å²) in [5.74, 6) is 0. The van der Waals surface area contributed by atoms with E-state index in [1.54, 1.807) is 6.20 Å². The van der Waals surface area contributed by atoms with Gasteiger partial charge in [0.25, 0.3) is 0 Å². The molecule has 1 aliphatic rings. The highest BCUT2D eigenvalue weighted by Crippen LogP contribution is 2.59. The van der Waals surface area contributed by atoms with Crippen LogP contribution in [0.5, 0.6) is 0 Å². The number of nitrogens with two attached hydrogens (primary N) is 1. The van der Waals surface area contributed by atoms with E-state index in [2.05, 4.69) is 98.7 Å². The minimum absolute atomic E-state index is 0.156.